The molecule has 54 heteroatoms. The molecule has 0 bridgehead atoms. The first-order valence-electron chi connectivity index (χ1n) is 41.9. The fourth-order valence-electron chi connectivity index (χ4n) is 11.4. The number of carbonyl (C=O) groups is 4. The SMILES string of the molecule is CC(C)COC(=O)OCOP(=O)(COCCn1cnc2c(=O)[nH]c(N)nc21)OCc1ccccc1.CC(C)OC(=O)OCOP(=O)(COCCn1cnc2c(=O)[nH]c(N)nc21)OCc1ccccc1.COC(=O)OCOP(=O)(COCCn1cnc2c(=O)[nH]c(N)nc21)OCc1ccccc1.Cc1ccc(COP(=O)(COCCn2cnc3c(=O)[nH]c(N)nc32)OCC(=O)c2ccc(C)cc2)cc1. The zero-order valence-corrected chi connectivity index (χ0v) is 79.4. The van der Waals surface area contributed by atoms with Crippen LogP contribution in [0.1, 0.15) is 71.4 Å². The van der Waals surface area contributed by atoms with Crippen LogP contribution in [0.3, 0.4) is 0 Å². The van der Waals surface area contributed by atoms with Gasteiger partial charge in [0.2, 0.25) is 44.2 Å². The molecule has 0 spiro atoms. The van der Waals surface area contributed by atoms with E-state index in [0.717, 1.165) is 40.5 Å². The number of aromatic amines is 4. The van der Waals surface area contributed by atoms with Gasteiger partial charge in [-0.3, -0.25) is 80.3 Å². The van der Waals surface area contributed by atoms with Crippen molar-refractivity contribution in [2.75, 3.05) is 115 Å². The molecule has 0 saturated heterocycles. The van der Waals surface area contributed by atoms with Gasteiger partial charge in [0.1, 0.15) is 32.0 Å². The molecule has 0 radical (unpaired) electrons. The Kier molecular flexibility index (Phi) is 40.8. The number of methoxy groups -OCH3 is 1. The average Bonchev–Trinajstić information content (AvgIpc) is 1.67. The number of rotatable bonds is 48. The molecule has 0 aliphatic rings. The molecule has 12 N–H and O–H groups in total. The van der Waals surface area contributed by atoms with Crippen LogP contribution >= 0.6 is 30.4 Å². The van der Waals surface area contributed by atoms with Gasteiger partial charge in [-0.15, -0.1) is 0 Å². The molecule has 13 aromatic rings. The van der Waals surface area contributed by atoms with Gasteiger partial charge in [-0.1, -0.05) is 165 Å². The number of nitrogens with two attached hydrogens (primary N) is 4. The standard InChI is InChI=1S/C25H28N5O6P.C21H28N5O8P.C20H26N5O8P.C18H22N5O8P/c1-17-3-7-19(8-4-17)13-35-37(33,36-14-21(31)20-9-5-18(2)6-10-20)16-34-12-11-30-15-27-22-23(30)28-25(26)29-24(22)32;1-15(2)10-31-21(28)32-13-34-35(29,33-11-16-6-4-3-5-7-16)14-30-9-8-26-12-23-17-18(26)24-20(22)25-19(17)27;1-14(2)33-20(27)30-12-32-34(28,31-10-15-6-4-3-5-7-15)13-29-9-8-25-11-22-16-17(25)23-19(21)24-18(16)26;1-27-18(25)29-11-31-32(26,30-9-13-5-3-2-4-6-13)12-28-8-7-23-10-20-14-15(23)21-17(19)22-16(14)24/h3-10,15H,11-14,16H2,1-2H3,(H3,26,28,29,32);3-7,12,15H,8-11,13-14H2,1-2H3,(H3,22,24,25,27);3-7,11,14H,8-10,12-13H2,1-2H3,(H3,21,23,24,26);2-6,10H,7-9,11-12H2,1H3,(H3,19,21,22,24). The molecule has 0 fully saturated rings. The first kappa shape index (κ1) is 107. The highest BCUT2D eigenvalue weighted by Crippen LogP contribution is 2.52. The third-order valence-electron chi connectivity index (χ3n) is 18.3. The van der Waals surface area contributed by atoms with Crippen molar-refractivity contribution in [2.45, 2.75) is 100 Å². The molecule has 13 rings (SSSR count). The van der Waals surface area contributed by atoms with Gasteiger partial charge in [-0.25, -0.2) is 34.3 Å². The van der Waals surface area contributed by atoms with E-state index in [9.17, 15) is 56.6 Å². The number of fused-ring (bicyclic) bond motifs is 4. The number of Topliss-reactive ketones (excluding diaryl/α,β-unsaturated/α-hetero) is 1. The van der Waals surface area contributed by atoms with E-state index in [-0.39, 0.29) is 156 Å². The van der Waals surface area contributed by atoms with E-state index in [1.54, 1.807) is 80.6 Å². The number of hydrogen-bond donors (Lipinski definition) is 8. The monoisotopic (exact) mass is 2000 g/mol. The second-order valence-corrected chi connectivity index (χ2v) is 37.9. The first-order chi connectivity index (χ1) is 66.1. The Morgan fingerprint density at radius 2 is 0.659 bits per heavy atom. The second-order valence-electron chi connectivity index (χ2n) is 29.9. The number of nitrogens with zero attached hydrogens (tertiary/aromatic N) is 12. The molecule has 0 saturated carbocycles. The largest absolute Gasteiger partial charge is 0.510 e. The van der Waals surface area contributed by atoms with Crippen molar-refractivity contribution in [1.82, 2.24) is 78.1 Å². The Morgan fingerprint density at radius 1 is 0.370 bits per heavy atom. The van der Waals surface area contributed by atoms with Crippen molar-refractivity contribution in [3.63, 3.8) is 0 Å². The maximum absolute atomic E-state index is 13.5. The van der Waals surface area contributed by atoms with Crippen molar-refractivity contribution < 1.29 is 121 Å². The maximum Gasteiger partial charge on any atom is 0.510 e. The molecule has 50 nitrogen and oxygen atoms in total. The minimum Gasteiger partial charge on any atom is -0.438 e. The highest BCUT2D eigenvalue weighted by molar-refractivity contribution is 7.54. The lowest BCUT2D eigenvalue weighted by atomic mass is 10.1. The fraction of sp³-hybridized carbons (Fsp3) is 0.357. The van der Waals surface area contributed by atoms with Gasteiger partial charge in [0.15, 0.2) is 50.4 Å². The van der Waals surface area contributed by atoms with E-state index >= 15 is 0 Å². The van der Waals surface area contributed by atoms with Gasteiger partial charge < -0.3 is 107 Å². The van der Waals surface area contributed by atoms with Crippen molar-refractivity contribution in [3.8, 4) is 0 Å². The normalized spacial score (nSPS) is 13.1. The predicted octanol–water partition coefficient (Wildman–Crippen LogP) is 10.9. The number of aromatic nitrogens is 16. The Labute approximate surface area is 785 Å². The van der Waals surface area contributed by atoms with Gasteiger partial charge in [0, 0.05) is 31.7 Å². The van der Waals surface area contributed by atoms with E-state index in [1.807, 2.05) is 119 Å². The van der Waals surface area contributed by atoms with Crippen LogP contribution in [0, 0.1) is 19.8 Å². The summed E-state index contributed by atoms with van der Waals surface area (Å²) in [6.07, 6.45) is 0.837. The number of benzene rings is 5. The van der Waals surface area contributed by atoms with Crippen LogP contribution < -0.4 is 45.2 Å². The molecule has 0 aliphatic carbocycles. The molecule has 8 heterocycles. The molecule has 0 amide bonds. The number of hydrogen-bond acceptors (Lipinski definition) is 42. The van der Waals surface area contributed by atoms with Crippen LogP contribution in [0.2, 0.25) is 0 Å². The fourth-order valence-corrected chi connectivity index (χ4v) is 16.1. The summed E-state index contributed by atoms with van der Waals surface area (Å²) >= 11 is 0. The Morgan fingerprint density at radius 3 is 0.964 bits per heavy atom. The van der Waals surface area contributed by atoms with Crippen LogP contribution in [-0.4, -0.2) is 201 Å². The minimum absolute atomic E-state index is 0.00215. The van der Waals surface area contributed by atoms with E-state index < -0.39 is 117 Å². The molecule has 5 aromatic carbocycles. The van der Waals surface area contributed by atoms with Gasteiger partial charge >= 0.3 is 48.8 Å². The third-order valence-corrected chi connectivity index (χ3v) is 24.4. The number of ketones is 1. The average molecular weight is 2000 g/mol. The highest BCUT2D eigenvalue weighted by Gasteiger charge is 2.32. The summed E-state index contributed by atoms with van der Waals surface area (Å²) in [7, 11) is -14.1. The summed E-state index contributed by atoms with van der Waals surface area (Å²) in [4.78, 5) is 136. The summed E-state index contributed by atoms with van der Waals surface area (Å²) in [5.74, 6) is -0.329. The summed E-state index contributed by atoms with van der Waals surface area (Å²) < 4.78 is 153. The topological polar surface area (TPSA) is 661 Å². The molecule has 4 unspecified atom stereocenters. The van der Waals surface area contributed by atoms with Crippen molar-refractivity contribution in [1.29, 1.82) is 0 Å². The van der Waals surface area contributed by atoms with E-state index in [2.05, 4.69) is 69.3 Å². The van der Waals surface area contributed by atoms with Gasteiger partial charge in [-0.05, 0) is 55.9 Å². The van der Waals surface area contributed by atoms with Crippen LogP contribution in [0.5, 0.6) is 0 Å². The number of imidazole rings is 4. The third kappa shape index (κ3) is 34.7. The zero-order valence-electron chi connectivity index (χ0n) is 75.8. The number of nitrogen functional groups attached to an aromatic ring is 4. The number of H-pyrrole nitrogens is 4. The zero-order chi connectivity index (χ0) is 99.2. The number of carbonyl (C=O) groups excluding carboxylic acids is 4. The Bertz CT molecular complexity index is 6610. The number of anilines is 4. The van der Waals surface area contributed by atoms with Gasteiger partial charge in [-0.2, -0.15) is 19.9 Å². The van der Waals surface area contributed by atoms with Crippen molar-refractivity contribution >= 4 is 123 Å². The molecule has 8 aromatic heterocycles. The van der Waals surface area contributed by atoms with E-state index in [1.165, 1.54) is 25.3 Å². The molecular formula is C84H104N20O30P4. The lowest BCUT2D eigenvalue weighted by Crippen LogP contribution is -2.16. The molecule has 138 heavy (non-hydrogen) atoms. The van der Waals surface area contributed by atoms with Crippen molar-refractivity contribution in [3.05, 3.63) is 245 Å². The minimum atomic E-state index is -3.82. The van der Waals surface area contributed by atoms with Crippen LogP contribution in [0.25, 0.3) is 44.7 Å². The molecular weight excluding hydrogens is 1890 g/mol. The summed E-state index contributed by atoms with van der Waals surface area (Å²) in [6, 6.07) is 41.8. The quantitative estimate of drug-likeness (QED) is 0.00438. The van der Waals surface area contributed by atoms with Gasteiger partial charge in [0.25, 0.3) is 22.2 Å². The smallest absolute Gasteiger partial charge is 0.438 e. The Balaban J connectivity index is 0.000000190. The Hall–Kier alpha value is -13.4. The number of nitrogens with one attached hydrogen (secondary N) is 4. The summed E-state index contributed by atoms with van der Waals surface area (Å²) in [5.41, 5.74) is 28.0. The van der Waals surface area contributed by atoms with E-state index in [4.69, 9.17) is 97.0 Å². The molecule has 4 atom stereocenters. The maximum atomic E-state index is 13.5. The number of ether oxygens (including phenoxy) is 10. The molecule has 740 valence electrons. The predicted molar refractivity (Wildman–Crippen MR) is 496 cm³/mol. The van der Waals surface area contributed by atoms with E-state index in [0.29, 0.717) is 28.2 Å². The lowest BCUT2D eigenvalue weighted by Gasteiger charge is -2.19. The van der Waals surface area contributed by atoms with Crippen LogP contribution in [0.4, 0.5) is 38.2 Å². The van der Waals surface area contributed by atoms with Gasteiger partial charge in [0.05, 0.1) is 98.0 Å². The van der Waals surface area contributed by atoms with Crippen LogP contribution in [-0.2, 0) is 154 Å². The summed E-state index contributed by atoms with van der Waals surface area (Å²) in [6.45, 7) is 10.1. The summed E-state index contributed by atoms with van der Waals surface area (Å²) in [5, 5.41) is 0. The molecule has 0 aliphatic heterocycles. The first-order valence-corrected chi connectivity index (χ1v) is 48.8. The second kappa shape index (κ2) is 52.8. The highest BCUT2D eigenvalue weighted by atomic mass is 31.2. The van der Waals surface area contributed by atoms with Crippen molar-refractivity contribution in [2.24, 2.45) is 5.92 Å². The number of aryl methyl sites for hydroxylation is 2. The lowest BCUT2D eigenvalue weighted by molar-refractivity contribution is -0.0167. The van der Waals surface area contributed by atoms with Crippen LogP contribution in [0.15, 0.2) is 184 Å².